The highest BCUT2D eigenvalue weighted by Gasteiger charge is 2.36. The zero-order valence-electron chi connectivity index (χ0n) is 20.2. The fraction of sp³-hybridized carbons (Fsp3) is 0.444. The number of rotatable bonds is 8. The molecule has 8 heteroatoms. The minimum Gasteiger partial charge on any atom is -0.481 e. The number of piperidine rings is 1. The second kappa shape index (κ2) is 10.5. The van der Waals surface area contributed by atoms with E-state index in [0.717, 1.165) is 22.3 Å². The van der Waals surface area contributed by atoms with Crippen LogP contribution in [0.2, 0.25) is 0 Å². The third-order valence-corrected chi connectivity index (χ3v) is 6.94. The standard InChI is InChI=1S/C27H32N2O6/c1-3-35-27(2)12-14-29(15-13-27)25(32)23(16-24(30)31)28-26(33)34-17-22-20-10-6-4-8-18(20)19-9-5-7-11-21(19)22/h4-11,22-23H,3,12-17H2,1-2H3,(H,28,33)(H,30,31). The summed E-state index contributed by atoms with van der Waals surface area (Å²) in [5.41, 5.74) is 4.07. The lowest BCUT2D eigenvalue weighted by molar-refractivity contribution is -0.145. The Balaban J connectivity index is 1.39. The first-order chi connectivity index (χ1) is 16.8. The van der Waals surface area contributed by atoms with Gasteiger partial charge in [0.2, 0.25) is 5.91 Å². The normalized spacial score (nSPS) is 17.3. The van der Waals surface area contributed by atoms with Crippen molar-refractivity contribution in [3.63, 3.8) is 0 Å². The molecule has 2 aromatic rings. The largest absolute Gasteiger partial charge is 0.481 e. The summed E-state index contributed by atoms with van der Waals surface area (Å²) in [6.07, 6.45) is -0.0145. The fourth-order valence-electron chi connectivity index (χ4n) is 5.07. The molecular formula is C27H32N2O6. The van der Waals surface area contributed by atoms with Gasteiger partial charge >= 0.3 is 12.1 Å². The van der Waals surface area contributed by atoms with Gasteiger partial charge < -0.3 is 24.8 Å². The van der Waals surface area contributed by atoms with Gasteiger partial charge in [-0.25, -0.2) is 4.79 Å². The number of nitrogens with zero attached hydrogens (tertiary/aromatic N) is 1. The molecule has 0 bridgehead atoms. The maximum absolute atomic E-state index is 13.1. The van der Waals surface area contributed by atoms with E-state index in [2.05, 4.69) is 5.32 Å². The van der Waals surface area contributed by atoms with E-state index >= 15 is 0 Å². The van der Waals surface area contributed by atoms with Crippen molar-refractivity contribution in [1.82, 2.24) is 10.2 Å². The molecule has 1 atom stereocenters. The first-order valence-electron chi connectivity index (χ1n) is 12.1. The molecule has 186 valence electrons. The van der Waals surface area contributed by atoms with Crippen molar-refractivity contribution in [3.05, 3.63) is 59.7 Å². The first kappa shape index (κ1) is 24.7. The van der Waals surface area contributed by atoms with Gasteiger partial charge in [-0.1, -0.05) is 48.5 Å². The molecule has 8 nitrogen and oxygen atoms in total. The number of amides is 2. The zero-order valence-corrected chi connectivity index (χ0v) is 20.2. The number of fused-ring (bicyclic) bond motifs is 3. The van der Waals surface area contributed by atoms with Crippen LogP contribution in [0.15, 0.2) is 48.5 Å². The number of hydrogen-bond acceptors (Lipinski definition) is 5. The number of carboxylic acids is 1. The molecule has 1 saturated heterocycles. The molecule has 0 saturated carbocycles. The number of carbonyl (C=O) groups excluding carboxylic acids is 2. The number of benzene rings is 2. The molecule has 4 rings (SSSR count). The topological polar surface area (TPSA) is 105 Å². The van der Waals surface area contributed by atoms with Gasteiger partial charge in [0.15, 0.2) is 0 Å². The van der Waals surface area contributed by atoms with E-state index in [1.54, 1.807) is 4.90 Å². The van der Waals surface area contributed by atoms with Gasteiger partial charge in [0.1, 0.15) is 12.6 Å². The monoisotopic (exact) mass is 480 g/mol. The van der Waals surface area contributed by atoms with E-state index in [9.17, 15) is 19.5 Å². The highest BCUT2D eigenvalue weighted by molar-refractivity contribution is 5.89. The Morgan fingerprint density at radius 1 is 1.06 bits per heavy atom. The highest BCUT2D eigenvalue weighted by Crippen LogP contribution is 2.44. The fourth-order valence-corrected chi connectivity index (χ4v) is 5.07. The zero-order chi connectivity index (χ0) is 25.0. The van der Waals surface area contributed by atoms with Crippen LogP contribution in [0.4, 0.5) is 4.79 Å². The van der Waals surface area contributed by atoms with Crippen LogP contribution < -0.4 is 5.32 Å². The van der Waals surface area contributed by atoms with Crippen LogP contribution in [-0.4, -0.2) is 65.9 Å². The lowest BCUT2D eigenvalue weighted by Crippen LogP contribution is -2.54. The molecule has 1 heterocycles. The van der Waals surface area contributed by atoms with E-state index < -0.39 is 30.4 Å². The van der Waals surface area contributed by atoms with Gasteiger partial charge in [-0.3, -0.25) is 9.59 Å². The predicted octanol–water partition coefficient (Wildman–Crippen LogP) is 3.79. The number of carbonyl (C=O) groups is 3. The van der Waals surface area contributed by atoms with Crippen molar-refractivity contribution in [2.45, 2.75) is 50.7 Å². The van der Waals surface area contributed by atoms with Crippen molar-refractivity contribution >= 4 is 18.0 Å². The van der Waals surface area contributed by atoms with Gasteiger partial charge in [-0.2, -0.15) is 0 Å². The number of nitrogens with one attached hydrogen (secondary N) is 1. The molecular weight excluding hydrogens is 448 g/mol. The van der Waals surface area contributed by atoms with E-state index in [4.69, 9.17) is 9.47 Å². The Labute approximate surface area is 205 Å². The molecule has 0 spiro atoms. The second-order valence-corrected chi connectivity index (χ2v) is 9.33. The Hall–Kier alpha value is -3.39. The summed E-state index contributed by atoms with van der Waals surface area (Å²) in [6, 6.07) is 14.8. The number of carboxylic acid groups (broad SMARTS) is 1. The van der Waals surface area contributed by atoms with Crippen LogP contribution in [0.3, 0.4) is 0 Å². The molecule has 2 aromatic carbocycles. The molecule has 0 aromatic heterocycles. The Bertz CT molecular complexity index is 1050. The number of likely N-dealkylation sites (tertiary alicyclic amines) is 1. The Kier molecular flexibility index (Phi) is 7.40. The van der Waals surface area contributed by atoms with Crippen LogP contribution in [0, 0.1) is 0 Å². The van der Waals surface area contributed by atoms with Gasteiger partial charge in [-0.15, -0.1) is 0 Å². The smallest absolute Gasteiger partial charge is 0.407 e. The lowest BCUT2D eigenvalue weighted by Gasteiger charge is -2.40. The predicted molar refractivity (Wildman–Crippen MR) is 130 cm³/mol. The average Bonchev–Trinajstić information content (AvgIpc) is 3.16. The highest BCUT2D eigenvalue weighted by atomic mass is 16.5. The summed E-state index contributed by atoms with van der Waals surface area (Å²) < 4.78 is 11.3. The maximum atomic E-state index is 13.1. The van der Waals surface area contributed by atoms with Crippen molar-refractivity contribution in [2.75, 3.05) is 26.3 Å². The van der Waals surface area contributed by atoms with Gasteiger partial charge in [0.25, 0.3) is 0 Å². The summed E-state index contributed by atoms with van der Waals surface area (Å²) in [6.45, 7) is 5.52. The SMILES string of the molecule is CCOC1(C)CCN(C(=O)C(CC(=O)O)NC(=O)OCC2c3ccccc3-c3ccccc32)CC1. The van der Waals surface area contributed by atoms with Crippen LogP contribution in [0.5, 0.6) is 0 Å². The maximum Gasteiger partial charge on any atom is 0.407 e. The number of alkyl carbamates (subject to hydrolysis) is 1. The summed E-state index contributed by atoms with van der Waals surface area (Å²) >= 11 is 0. The molecule has 2 aliphatic rings. The van der Waals surface area contributed by atoms with Crippen LogP contribution in [0.25, 0.3) is 11.1 Å². The van der Waals surface area contributed by atoms with E-state index in [1.807, 2.05) is 62.4 Å². The molecule has 1 fully saturated rings. The molecule has 2 amide bonds. The van der Waals surface area contributed by atoms with Crippen molar-refractivity contribution in [2.24, 2.45) is 0 Å². The average molecular weight is 481 g/mol. The minimum absolute atomic E-state index is 0.0876. The summed E-state index contributed by atoms with van der Waals surface area (Å²) in [5, 5.41) is 11.8. The van der Waals surface area contributed by atoms with E-state index in [1.165, 1.54) is 0 Å². The number of aliphatic carboxylic acids is 1. The summed E-state index contributed by atoms with van der Waals surface area (Å²) in [7, 11) is 0. The minimum atomic E-state index is -1.19. The van der Waals surface area contributed by atoms with Gasteiger partial charge in [0, 0.05) is 25.6 Å². The Morgan fingerprint density at radius 2 is 1.63 bits per heavy atom. The number of ether oxygens (including phenoxy) is 2. The molecule has 1 unspecified atom stereocenters. The van der Waals surface area contributed by atoms with Gasteiger partial charge in [0.05, 0.1) is 12.0 Å². The first-order valence-corrected chi connectivity index (χ1v) is 12.1. The second-order valence-electron chi connectivity index (χ2n) is 9.33. The van der Waals surface area contributed by atoms with Crippen molar-refractivity contribution in [3.8, 4) is 11.1 Å². The third-order valence-electron chi connectivity index (χ3n) is 6.94. The van der Waals surface area contributed by atoms with E-state index in [-0.39, 0.29) is 18.1 Å². The lowest BCUT2D eigenvalue weighted by atomic mass is 9.93. The van der Waals surface area contributed by atoms with Crippen LogP contribution in [0.1, 0.15) is 50.2 Å². The number of hydrogen-bond donors (Lipinski definition) is 2. The third kappa shape index (κ3) is 5.48. The summed E-state index contributed by atoms with van der Waals surface area (Å²) in [5.74, 6) is -1.71. The molecule has 2 N–H and O–H groups in total. The van der Waals surface area contributed by atoms with Crippen LogP contribution in [-0.2, 0) is 19.1 Å². The quantitative estimate of drug-likeness (QED) is 0.596. The molecule has 1 aliphatic carbocycles. The summed E-state index contributed by atoms with van der Waals surface area (Å²) in [4.78, 5) is 38.8. The molecule has 35 heavy (non-hydrogen) atoms. The van der Waals surface area contributed by atoms with E-state index in [0.29, 0.717) is 32.5 Å². The molecule has 0 radical (unpaired) electrons. The van der Waals surface area contributed by atoms with Crippen LogP contribution >= 0.6 is 0 Å². The Morgan fingerprint density at radius 3 is 2.17 bits per heavy atom. The van der Waals surface area contributed by atoms with Gasteiger partial charge in [-0.05, 0) is 48.9 Å². The van der Waals surface area contributed by atoms with Crippen molar-refractivity contribution < 1.29 is 29.0 Å². The molecule has 1 aliphatic heterocycles. The van der Waals surface area contributed by atoms with Crippen molar-refractivity contribution in [1.29, 1.82) is 0 Å².